The molecule has 0 radical (unpaired) electrons. The Kier molecular flexibility index (Phi) is 11.1. The fourth-order valence-electron chi connectivity index (χ4n) is 4.47. The quantitative estimate of drug-likeness (QED) is 0.132. The molecule has 4 N–H and O–H groups in total. The van der Waals surface area contributed by atoms with E-state index >= 15 is 0 Å². The lowest BCUT2D eigenvalue weighted by molar-refractivity contribution is -0.137. The molecule has 1 aliphatic heterocycles. The van der Waals surface area contributed by atoms with Crippen LogP contribution >= 0.6 is 23.4 Å². The van der Waals surface area contributed by atoms with E-state index in [2.05, 4.69) is 15.8 Å². The van der Waals surface area contributed by atoms with Gasteiger partial charge in [-0.2, -0.15) is 30.0 Å². The van der Waals surface area contributed by atoms with Crippen molar-refractivity contribution in [2.45, 2.75) is 30.9 Å². The van der Waals surface area contributed by atoms with Crippen molar-refractivity contribution in [2.24, 2.45) is 5.10 Å². The van der Waals surface area contributed by atoms with Crippen molar-refractivity contribution >= 4 is 52.8 Å². The van der Waals surface area contributed by atoms with Gasteiger partial charge in [0.15, 0.2) is 0 Å². The standard InChI is InChI=1S/C30H30ClF3N4O4S/c31-26-6-4-19(15-25(26)30(32,33)34)17-35-37-29(42)24-16-22(38-10-8-23(40)9-11-38)5-7-27(24)36-28(41)21-3-1-2-20(14-21)18-43-13-12-39/h1-7,14-17,23,39-40H,8-13,18H2,(H,36,41)(H,37,42)/b35-17+. The van der Waals surface area contributed by atoms with Gasteiger partial charge in [0.05, 0.1) is 40.8 Å². The number of benzene rings is 3. The Morgan fingerprint density at radius 1 is 1.07 bits per heavy atom. The van der Waals surface area contributed by atoms with Gasteiger partial charge in [-0.15, -0.1) is 0 Å². The molecule has 13 heteroatoms. The molecule has 0 unspecified atom stereocenters. The third kappa shape index (κ3) is 8.96. The van der Waals surface area contributed by atoms with Gasteiger partial charge >= 0.3 is 6.18 Å². The maximum Gasteiger partial charge on any atom is 0.417 e. The fourth-order valence-corrected chi connectivity index (χ4v) is 5.38. The maximum absolute atomic E-state index is 13.3. The van der Waals surface area contributed by atoms with E-state index < -0.39 is 34.7 Å². The number of rotatable bonds is 10. The number of hydrogen-bond acceptors (Lipinski definition) is 7. The summed E-state index contributed by atoms with van der Waals surface area (Å²) in [6, 6.07) is 15.2. The number of hydrazone groups is 1. The number of thioether (sulfide) groups is 1. The highest BCUT2D eigenvalue weighted by Gasteiger charge is 2.33. The zero-order valence-corrected chi connectivity index (χ0v) is 24.5. The predicted molar refractivity (Wildman–Crippen MR) is 163 cm³/mol. The Morgan fingerprint density at radius 2 is 1.84 bits per heavy atom. The third-order valence-corrected chi connectivity index (χ3v) is 8.03. The van der Waals surface area contributed by atoms with E-state index in [0.717, 1.165) is 23.9 Å². The Bertz CT molecular complexity index is 1480. The minimum Gasteiger partial charge on any atom is -0.396 e. The first-order valence-electron chi connectivity index (χ1n) is 13.4. The topological polar surface area (TPSA) is 114 Å². The van der Waals surface area contributed by atoms with Crippen LogP contribution in [0.1, 0.15) is 50.2 Å². The third-order valence-electron chi connectivity index (χ3n) is 6.69. The number of hydrogen-bond donors (Lipinski definition) is 4. The highest BCUT2D eigenvalue weighted by Crippen LogP contribution is 2.35. The van der Waals surface area contributed by atoms with E-state index in [0.29, 0.717) is 48.7 Å². The Hall–Kier alpha value is -3.58. The number of anilines is 2. The molecule has 0 spiro atoms. The Morgan fingerprint density at radius 3 is 2.56 bits per heavy atom. The zero-order valence-electron chi connectivity index (χ0n) is 22.9. The molecule has 0 saturated carbocycles. The minimum absolute atomic E-state index is 0.0576. The molecule has 1 saturated heterocycles. The lowest BCUT2D eigenvalue weighted by Crippen LogP contribution is -2.36. The van der Waals surface area contributed by atoms with Gasteiger partial charge in [0.25, 0.3) is 11.8 Å². The van der Waals surface area contributed by atoms with Crippen LogP contribution in [-0.4, -0.2) is 59.8 Å². The van der Waals surface area contributed by atoms with Gasteiger partial charge in [0.2, 0.25) is 0 Å². The second kappa shape index (κ2) is 14.7. The van der Waals surface area contributed by atoms with Crippen molar-refractivity contribution in [3.63, 3.8) is 0 Å². The number of nitrogens with zero attached hydrogens (tertiary/aromatic N) is 2. The number of alkyl halides is 3. The molecule has 3 aromatic carbocycles. The van der Waals surface area contributed by atoms with Gasteiger partial charge in [0.1, 0.15) is 0 Å². The van der Waals surface area contributed by atoms with Crippen LogP contribution in [0.25, 0.3) is 0 Å². The second-order valence-corrected chi connectivity index (χ2v) is 11.3. The van der Waals surface area contributed by atoms with E-state index in [4.69, 9.17) is 16.7 Å². The van der Waals surface area contributed by atoms with Crippen molar-refractivity contribution in [3.05, 3.63) is 93.5 Å². The fraction of sp³-hybridized carbons (Fsp3) is 0.300. The molecule has 228 valence electrons. The summed E-state index contributed by atoms with van der Waals surface area (Å²) in [5.74, 6) is 0.0529. The van der Waals surface area contributed by atoms with Crippen LogP contribution in [0.4, 0.5) is 24.5 Å². The van der Waals surface area contributed by atoms with Crippen LogP contribution in [0, 0.1) is 0 Å². The largest absolute Gasteiger partial charge is 0.417 e. The molecule has 1 heterocycles. The van der Waals surface area contributed by atoms with E-state index in [-0.39, 0.29) is 23.4 Å². The number of aliphatic hydroxyl groups is 2. The summed E-state index contributed by atoms with van der Waals surface area (Å²) in [4.78, 5) is 28.5. The van der Waals surface area contributed by atoms with Crippen molar-refractivity contribution in [2.75, 3.05) is 35.7 Å². The smallest absolute Gasteiger partial charge is 0.396 e. The average Bonchev–Trinajstić information content (AvgIpc) is 2.98. The molecule has 0 bridgehead atoms. The minimum atomic E-state index is -4.65. The summed E-state index contributed by atoms with van der Waals surface area (Å²) in [6.45, 7) is 1.21. The van der Waals surface area contributed by atoms with Gasteiger partial charge in [-0.25, -0.2) is 5.43 Å². The van der Waals surface area contributed by atoms with E-state index in [1.807, 2.05) is 11.0 Å². The van der Waals surface area contributed by atoms with Gasteiger partial charge < -0.3 is 20.4 Å². The summed E-state index contributed by atoms with van der Waals surface area (Å²) >= 11 is 7.21. The summed E-state index contributed by atoms with van der Waals surface area (Å²) in [7, 11) is 0. The lowest BCUT2D eigenvalue weighted by atomic mass is 10.0. The van der Waals surface area contributed by atoms with Crippen molar-refractivity contribution < 1.29 is 33.0 Å². The summed E-state index contributed by atoms with van der Waals surface area (Å²) in [6.07, 6.45) is -2.84. The van der Waals surface area contributed by atoms with Crippen molar-refractivity contribution in [1.82, 2.24) is 5.43 Å². The number of piperidine rings is 1. The van der Waals surface area contributed by atoms with Crippen molar-refractivity contribution in [1.29, 1.82) is 0 Å². The molecule has 0 atom stereocenters. The number of aliphatic hydroxyl groups excluding tert-OH is 2. The number of nitrogens with one attached hydrogen (secondary N) is 2. The molecule has 0 aromatic heterocycles. The molecular formula is C30H30ClF3N4O4S. The summed E-state index contributed by atoms with van der Waals surface area (Å²) in [5, 5.41) is 25.1. The molecule has 1 aliphatic rings. The van der Waals surface area contributed by atoms with Crippen LogP contribution in [0.15, 0.2) is 65.8 Å². The number of halogens is 4. The van der Waals surface area contributed by atoms with Gasteiger partial charge in [-0.05, 0) is 66.4 Å². The molecule has 1 fully saturated rings. The van der Waals surface area contributed by atoms with Gasteiger partial charge in [-0.1, -0.05) is 29.8 Å². The number of carbonyl (C=O) groups is 2. The molecule has 2 amide bonds. The highest BCUT2D eigenvalue weighted by atomic mass is 35.5. The first-order chi connectivity index (χ1) is 20.5. The molecule has 0 aliphatic carbocycles. The SMILES string of the molecule is O=C(Nc1ccc(N2CCC(O)CC2)cc1C(=O)N/N=C/c1ccc(Cl)c(C(F)(F)F)c1)c1cccc(CSCCO)c1. The normalized spacial score (nSPS) is 14.2. The van der Waals surface area contributed by atoms with E-state index in [1.54, 1.807) is 36.4 Å². The first kappa shape index (κ1) is 32.3. The molecule has 43 heavy (non-hydrogen) atoms. The second-order valence-electron chi connectivity index (χ2n) is 9.81. The zero-order chi connectivity index (χ0) is 31.0. The molecular weight excluding hydrogens is 605 g/mol. The molecule has 3 aromatic rings. The monoisotopic (exact) mass is 634 g/mol. The number of carbonyl (C=O) groups excluding carboxylic acids is 2. The average molecular weight is 635 g/mol. The van der Waals surface area contributed by atoms with E-state index in [1.165, 1.54) is 17.8 Å². The maximum atomic E-state index is 13.3. The summed E-state index contributed by atoms with van der Waals surface area (Å²) < 4.78 is 39.6. The van der Waals surface area contributed by atoms with Crippen LogP contribution in [0.2, 0.25) is 5.02 Å². The Labute approximate surface area is 255 Å². The van der Waals surface area contributed by atoms with Crippen LogP contribution in [0.5, 0.6) is 0 Å². The predicted octanol–water partition coefficient (Wildman–Crippen LogP) is 5.56. The highest BCUT2D eigenvalue weighted by molar-refractivity contribution is 7.98. The molecule has 4 rings (SSSR count). The van der Waals surface area contributed by atoms with Gasteiger partial charge in [0, 0.05) is 35.8 Å². The van der Waals surface area contributed by atoms with Crippen LogP contribution in [-0.2, 0) is 11.9 Å². The van der Waals surface area contributed by atoms with Crippen LogP contribution in [0.3, 0.4) is 0 Å². The first-order valence-corrected chi connectivity index (χ1v) is 14.9. The summed E-state index contributed by atoms with van der Waals surface area (Å²) in [5.41, 5.74) is 3.67. The van der Waals surface area contributed by atoms with Crippen LogP contribution < -0.4 is 15.6 Å². The number of amides is 2. The lowest BCUT2D eigenvalue weighted by Gasteiger charge is -2.32. The van der Waals surface area contributed by atoms with E-state index in [9.17, 15) is 27.9 Å². The van der Waals surface area contributed by atoms with Crippen molar-refractivity contribution in [3.8, 4) is 0 Å². The van der Waals surface area contributed by atoms with Gasteiger partial charge in [-0.3, -0.25) is 9.59 Å². The Balaban J connectivity index is 1.56. The molecule has 8 nitrogen and oxygen atoms in total.